The van der Waals surface area contributed by atoms with Gasteiger partial charge in [-0.25, -0.2) is 0 Å². The molecule has 2 aromatic rings. The summed E-state index contributed by atoms with van der Waals surface area (Å²) < 4.78 is 1.77. The van der Waals surface area contributed by atoms with E-state index >= 15 is 0 Å². The molecule has 4 nitrogen and oxygen atoms in total. The van der Waals surface area contributed by atoms with Crippen LogP contribution < -0.4 is 4.90 Å². The minimum atomic E-state index is -0.636. The summed E-state index contributed by atoms with van der Waals surface area (Å²) in [5, 5.41) is 14.2. The fraction of sp³-hybridized carbons (Fsp3) is 0.133. The minimum Gasteiger partial charge on any atom is -0.370 e. The lowest BCUT2D eigenvalue weighted by atomic mass is 10.1. The van der Waals surface area contributed by atoms with Crippen LogP contribution in [0.15, 0.2) is 61.1 Å². The molecule has 0 aliphatic carbocycles. The summed E-state index contributed by atoms with van der Waals surface area (Å²) in [7, 11) is 1.89. The first-order valence-electron chi connectivity index (χ1n) is 6.14. The number of benzene rings is 1. The van der Waals surface area contributed by atoms with Crippen LogP contribution in [0.25, 0.3) is 5.57 Å². The van der Waals surface area contributed by atoms with Gasteiger partial charge in [0.25, 0.3) is 0 Å². The zero-order valence-corrected chi connectivity index (χ0v) is 10.6. The summed E-state index contributed by atoms with van der Waals surface area (Å²) in [5.41, 5.74) is 3.02. The molecule has 1 aliphatic heterocycles. The third kappa shape index (κ3) is 2.30. The Kier molecular flexibility index (Phi) is 2.93. The molecule has 3 rings (SSSR count). The Labute approximate surface area is 111 Å². The van der Waals surface area contributed by atoms with Crippen molar-refractivity contribution >= 4 is 11.3 Å². The minimum absolute atomic E-state index is 0.636. The maximum Gasteiger partial charge on any atom is 0.150 e. The summed E-state index contributed by atoms with van der Waals surface area (Å²) in [6, 6.07) is 9.82. The molecule has 0 amide bonds. The average molecular weight is 253 g/mol. The second-order valence-electron chi connectivity index (χ2n) is 4.50. The number of aromatic nitrogens is 2. The van der Waals surface area contributed by atoms with E-state index in [9.17, 15) is 5.11 Å². The van der Waals surface area contributed by atoms with Gasteiger partial charge in [-0.15, -0.1) is 0 Å². The highest BCUT2D eigenvalue weighted by atomic mass is 16.3. The summed E-state index contributed by atoms with van der Waals surface area (Å²) in [5.74, 6) is 0. The predicted octanol–water partition coefficient (Wildman–Crippen LogP) is 2.16. The summed E-state index contributed by atoms with van der Waals surface area (Å²) >= 11 is 0. The van der Waals surface area contributed by atoms with Crippen LogP contribution in [-0.2, 0) is 7.05 Å². The molecule has 0 fully saturated rings. The van der Waals surface area contributed by atoms with E-state index in [1.165, 1.54) is 0 Å². The van der Waals surface area contributed by atoms with Gasteiger partial charge in [0.05, 0.1) is 6.20 Å². The van der Waals surface area contributed by atoms with Crippen molar-refractivity contribution in [2.24, 2.45) is 7.05 Å². The molecule has 1 N–H and O–H groups in total. The van der Waals surface area contributed by atoms with Crippen molar-refractivity contribution in [3.8, 4) is 0 Å². The molecule has 1 unspecified atom stereocenters. The van der Waals surface area contributed by atoms with Crippen molar-refractivity contribution in [3.05, 3.63) is 66.6 Å². The molecule has 96 valence electrons. The van der Waals surface area contributed by atoms with Crippen LogP contribution in [0.3, 0.4) is 0 Å². The lowest BCUT2D eigenvalue weighted by Gasteiger charge is -2.28. The fourth-order valence-electron chi connectivity index (χ4n) is 2.12. The van der Waals surface area contributed by atoms with Crippen molar-refractivity contribution in [1.29, 1.82) is 0 Å². The van der Waals surface area contributed by atoms with E-state index in [0.29, 0.717) is 0 Å². The third-order valence-corrected chi connectivity index (χ3v) is 3.10. The predicted molar refractivity (Wildman–Crippen MR) is 75.3 cm³/mol. The molecule has 4 heteroatoms. The van der Waals surface area contributed by atoms with Crippen molar-refractivity contribution in [3.63, 3.8) is 0 Å². The standard InChI is InChI=1S/C15H15N3O/c1-17-10-13(9-16-17)12-7-8-15(19)18(11-12)14-5-3-2-4-6-14/h2-11,15,19H,1H3. The topological polar surface area (TPSA) is 41.3 Å². The SMILES string of the molecule is Cn1cc(C2=CN(c3ccccc3)C(O)C=C2)cn1. The number of anilines is 1. The zero-order chi connectivity index (χ0) is 13.2. The number of rotatable bonds is 2. The molecular weight excluding hydrogens is 238 g/mol. The van der Waals surface area contributed by atoms with Gasteiger partial charge < -0.3 is 10.0 Å². The van der Waals surface area contributed by atoms with E-state index < -0.39 is 6.23 Å². The zero-order valence-electron chi connectivity index (χ0n) is 10.6. The molecule has 0 saturated heterocycles. The van der Waals surface area contributed by atoms with E-state index in [-0.39, 0.29) is 0 Å². The van der Waals surface area contributed by atoms with Crippen LogP contribution in [0.5, 0.6) is 0 Å². The van der Waals surface area contributed by atoms with Gasteiger partial charge in [0, 0.05) is 36.3 Å². The number of allylic oxidation sites excluding steroid dienone is 2. The van der Waals surface area contributed by atoms with Crippen LogP contribution >= 0.6 is 0 Å². The lowest BCUT2D eigenvalue weighted by molar-refractivity contribution is 0.227. The number of aryl methyl sites for hydroxylation is 1. The first-order valence-corrected chi connectivity index (χ1v) is 6.14. The summed E-state index contributed by atoms with van der Waals surface area (Å²) in [6.07, 6.45) is 8.77. The maximum atomic E-state index is 10.1. The average Bonchev–Trinajstić information content (AvgIpc) is 2.87. The highest BCUT2D eigenvalue weighted by molar-refractivity contribution is 5.77. The highest BCUT2D eigenvalue weighted by Crippen LogP contribution is 2.26. The van der Waals surface area contributed by atoms with Crippen molar-refractivity contribution in [1.82, 2.24) is 9.78 Å². The molecule has 0 saturated carbocycles. The first-order chi connectivity index (χ1) is 9.24. The molecule has 2 heterocycles. The molecule has 0 spiro atoms. The van der Waals surface area contributed by atoms with Gasteiger partial charge in [0.2, 0.25) is 0 Å². The largest absolute Gasteiger partial charge is 0.370 e. The second kappa shape index (κ2) is 4.74. The number of nitrogens with zero attached hydrogens (tertiary/aromatic N) is 3. The summed E-state index contributed by atoms with van der Waals surface area (Å²) in [6.45, 7) is 0. The number of para-hydroxylation sites is 1. The normalized spacial score (nSPS) is 18.5. The maximum absolute atomic E-state index is 10.1. The Morgan fingerprint density at radius 1 is 1.21 bits per heavy atom. The van der Waals surface area contributed by atoms with Gasteiger partial charge in [0.15, 0.2) is 0 Å². The molecule has 1 aromatic carbocycles. The van der Waals surface area contributed by atoms with Crippen molar-refractivity contribution < 1.29 is 5.11 Å². The van der Waals surface area contributed by atoms with Crippen LogP contribution in [-0.4, -0.2) is 21.1 Å². The summed E-state index contributed by atoms with van der Waals surface area (Å²) in [4.78, 5) is 1.84. The van der Waals surface area contributed by atoms with Gasteiger partial charge in [0.1, 0.15) is 6.23 Å². The highest BCUT2D eigenvalue weighted by Gasteiger charge is 2.17. The Hall–Kier alpha value is -2.33. The molecule has 0 radical (unpaired) electrons. The van der Waals surface area contributed by atoms with E-state index in [4.69, 9.17) is 0 Å². The fourth-order valence-corrected chi connectivity index (χ4v) is 2.12. The van der Waals surface area contributed by atoms with Crippen molar-refractivity contribution in [2.45, 2.75) is 6.23 Å². The molecule has 1 aromatic heterocycles. The quantitative estimate of drug-likeness (QED) is 0.891. The molecule has 19 heavy (non-hydrogen) atoms. The van der Waals surface area contributed by atoms with E-state index in [1.54, 1.807) is 10.8 Å². The van der Waals surface area contributed by atoms with Crippen LogP contribution in [0.4, 0.5) is 5.69 Å². The van der Waals surface area contributed by atoms with Gasteiger partial charge in [-0.2, -0.15) is 5.10 Å². The van der Waals surface area contributed by atoms with Gasteiger partial charge in [-0.05, 0) is 18.2 Å². The monoisotopic (exact) mass is 253 g/mol. The molecule has 0 bridgehead atoms. The molecular formula is C15H15N3O. The van der Waals surface area contributed by atoms with Gasteiger partial charge in [-0.3, -0.25) is 4.68 Å². The second-order valence-corrected chi connectivity index (χ2v) is 4.50. The number of hydrogen-bond acceptors (Lipinski definition) is 3. The third-order valence-electron chi connectivity index (χ3n) is 3.10. The van der Waals surface area contributed by atoms with Crippen LogP contribution in [0, 0.1) is 0 Å². The van der Waals surface area contributed by atoms with Crippen LogP contribution in [0.2, 0.25) is 0 Å². The number of aliphatic hydroxyl groups is 1. The van der Waals surface area contributed by atoms with E-state index in [0.717, 1.165) is 16.8 Å². The van der Waals surface area contributed by atoms with Crippen LogP contribution in [0.1, 0.15) is 5.56 Å². The van der Waals surface area contributed by atoms with E-state index in [1.807, 2.05) is 66.9 Å². The van der Waals surface area contributed by atoms with Gasteiger partial charge >= 0.3 is 0 Å². The Morgan fingerprint density at radius 2 is 2.00 bits per heavy atom. The lowest BCUT2D eigenvalue weighted by Crippen LogP contribution is -2.30. The Balaban J connectivity index is 1.97. The van der Waals surface area contributed by atoms with Crippen molar-refractivity contribution in [2.75, 3.05) is 4.90 Å². The first kappa shape index (κ1) is 11.7. The number of aliphatic hydroxyl groups excluding tert-OH is 1. The molecule has 1 aliphatic rings. The van der Waals surface area contributed by atoms with E-state index in [2.05, 4.69) is 5.10 Å². The molecule has 1 atom stereocenters. The number of hydrogen-bond donors (Lipinski definition) is 1. The Bertz CT molecular complexity index is 628. The smallest absolute Gasteiger partial charge is 0.150 e. The Morgan fingerprint density at radius 3 is 2.68 bits per heavy atom. The van der Waals surface area contributed by atoms with Gasteiger partial charge in [-0.1, -0.05) is 24.3 Å².